The molecule has 1 aromatic carbocycles. The molecule has 1 aliphatic heterocycles. The van der Waals surface area contributed by atoms with E-state index in [0.717, 1.165) is 40.2 Å². The van der Waals surface area contributed by atoms with Gasteiger partial charge in [0.25, 0.3) is 5.91 Å². The van der Waals surface area contributed by atoms with Crippen molar-refractivity contribution >= 4 is 17.5 Å². The van der Waals surface area contributed by atoms with Crippen LogP contribution in [-0.4, -0.2) is 16.7 Å². The molecule has 5 heteroatoms. The largest absolute Gasteiger partial charge is 0.362 e. The lowest BCUT2D eigenvalue weighted by atomic mass is 9.68. The molecule has 4 rings (SSSR count). The molecule has 1 aliphatic carbocycles. The predicted molar refractivity (Wildman–Crippen MR) is 122 cm³/mol. The molecule has 0 bridgehead atoms. The van der Waals surface area contributed by atoms with Gasteiger partial charge in [0.15, 0.2) is 5.78 Å². The summed E-state index contributed by atoms with van der Waals surface area (Å²) in [6.07, 6.45) is 1.26. The van der Waals surface area contributed by atoms with Crippen LogP contribution in [0.25, 0.3) is 0 Å². The number of anilines is 1. The molecule has 0 saturated carbocycles. The molecule has 2 N–H and O–H groups in total. The van der Waals surface area contributed by atoms with Crippen LogP contribution in [0.2, 0.25) is 0 Å². The van der Waals surface area contributed by atoms with Crippen molar-refractivity contribution in [3.8, 4) is 0 Å². The number of carbonyl (C=O) groups excluding carboxylic acids is 2. The van der Waals surface area contributed by atoms with E-state index in [0.29, 0.717) is 17.8 Å². The Morgan fingerprint density at radius 2 is 1.77 bits per heavy atom. The number of ketones is 1. The maximum absolute atomic E-state index is 13.5. The standard InChI is InChI=1S/C26H29N3O2/c1-15-9-11-18(12-10-15)23-22(25(31)29-21-8-6-7-16(2)27-21)17(3)28-19-13-26(4,5)14-20(30)24(19)23/h6-12,23,28H,13-14H2,1-5H3,(H,27,29,31)/t23-/m1/s1. The zero-order valence-electron chi connectivity index (χ0n) is 18.8. The van der Waals surface area contributed by atoms with Gasteiger partial charge in [0, 0.05) is 40.6 Å². The van der Waals surface area contributed by atoms with E-state index < -0.39 is 5.92 Å². The van der Waals surface area contributed by atoms with Gasteiger partial charge in [-0.15, -0.1) is 0 Å². The maximum atomic E-state index is 13.5. The van der Waals surface area contributed by atoms with E-state index in [9.17, 15) is 9.59 Å². The highest BCUT2D eigenvalue weighted by atomic mass is 16.2. The van der Waals surface area contributed by atoms with Crippen LogP contribution in [-0.2, 0) is 9.59 Å². The molecular formula is C26H29N3O2. The summed E-state index contributed by atoms with van der Waals surface area (Å²) < 4.78 is 0. The summed E-state index contributed by atoms with van der Waals surface area (Å²) in [5, 5.41) is 6.34. The van der Waals surface area contributed by atoms with Crippen LogP contribution >= 0.6 is 0 Å². The summed E-state index contributed by atoms with van der Waals surface area (Å²) >= 11 is 0. The van der Waals surface area contributed by atoms with E-state index in [-0.39, 0.29) is 17.1 Å². The summed E-state index contributed by atoms with van der Waals surface area (Å²) in [5.41, 5.74) is 5.82. The first-order valence-corrected chi connectivity index (χ1v) is 10.7. The number of nitrogens with zero attached hydrogens (tertiary/aromatic N) is 1. The second kappa shape index (κ2) is 7.80. The van der Waals surface area contributed by atoms with Crippen molar-refractivity contribution in [3.63, 3.8) is 0 Å². The molecule has 2 aromatic rings. The minimum Gasteiger partial charge on any atom is -0.362 e. The molecule has 0 fully saturated rings. The van der Waals surface area contributed by atoms with Crippen molar-refractivity contribution in [1.29, 1.82) is 0 Å². The topological polar surface area (TPSA) is 71.1 Å². The highest BCUT2D eigenvalue weighted by molar-refractivity contribution is 6.09. The van der Waals surface area contributed by atoms with Crippen molar-refractivity contribution in [1.82, 2.24) is 10.3 Å². The van der Waals surface area contributed by atoms with Crippen LogP contribution in [0.5, 0.6) is 0 Å². The van der Waals surface area contributed by atoms with E-state index in [1.807, 2.05) is 57.2 Å². The van der Waals surface area contributed by atoms with Crippen LogP contribution in [0, 0.1) is 19.3 Å². The van der Waals surface area contributed by atoms with Crippen LogP contribution in [0.4, 0.5) is 5.82 Å². The third-order valence-electron chi connectivity index (χ3n) is 6.02. The number of carbonyl (C=O) groups is 2. The first-order chi connectivity index (χ1) is 14.6. The summed E-state index contributed by atoms with van der Waals surface area (Å²) in [6.45, 7) is 10.1. The smallest absolute Gasteiger partial charge is 0.255 e. The molecular weight excluding hydrogens is 386 g/mol. The minimum atomic E-state index is -0.398. The highest BCUT2D eigenvalue weighted by Crippen LogP contribution is 2.46. The van der Waals surface area contributed by atoms with Crippen molar-refractivity contribution in [2.75, 3.05) is 5.32 Å². The van der Waals surface area contributed by atoms with Gasteiger partial charge < -0.3 is 10.6 Å². The summed E-state index contributed by atoms with van der Waals surface area (Å²) in [6, 6.07) is 13.6. The van der Waals surface area contributed by atoms with Gasteiger partial charge in [0.1, 0.15) is 5.82 Å². The molecule has 2 heterocycles. The number of benzene rings is 1. The van der Waals surface area contributed by atoms with Gasteiger partial charge in [0.2, 0.25) is 0 Å². The molecule has 1 atom stereocenters. The number of allylic oxidation sites excluding steroid dienone is 3. The minimum absolute atomic E-state index is 0.105. The Morgan fingerprint density at radius 1 is 1.06 bits per heavy atom. The van der Waals surface area contributed by atoms with Gasteiger partial charge in [-0.2, -0.15) is 0 Å². The van der Waals surface area contributed by atoms with E-state index in [1.54, 1.807) is 6.07 Å². The summed E-state index contributed by atoms with van der Waals surface area (Å²) in [7, 11) is 0. The fourth-order valence-corrected chi connectivity index (χ4v) is 4.63. The number of aromatic nitrogens is 1. The Hall–Kier alpha value is -3.21. The monoisotopic (exact) mass is 415 g/mol. The number of aryl methyl sites for hydroxylation is 2. The predicted octanol–water partition coefficient (Wildman–Crippen LogP) is 4.94. The number of hydrogen-bond acceptors (Lipinski definition) is 4. The number of nitrogens with one attached hydrogen (secondary N) is 2. The quantitative estimate of drug-likeness (QED) is 0.745. The van der Waals surface area contributed by atoms with Crippen molar-refractivity contribution in [2.24, 2.45) is 5.41 Å². The van der Waals surface area contributed by atoms with Crippen molar-refractivity contribution in [3.05, 3.63) is 81.8 Å². The number of pyridine rings is 1. The number of rotatable bonds is 3. The zero-order valence-corrected chi connectivity index (χ0v) is 18.8. The molecule has 0 unspecified atom stereocenters. The summed E-state index contributed by atoms with van der Waals surface area (Å²) in [5.74, 6) is -0.0252. The number of hydrogen-bond donors (Lipinski definition) is 2. The van der Waals surface area contributed by atoms with E-state index >= 15 is 0 Å². The fourth-order valence-electron chi connectivity index (χ4n) is 4.63. The average molecular weight is 416 g/mol. The van der Waals surface area contributed by atoms with E-state index in [2.05, 4.69) is 29.5 Å². The zero-order chi connectivity index (χ0) is 22.3. The molecule has 0 saturated heterocycles. The molecule has 1 amide bonds. The van der Waals surface area contributed by atoms with Crippen molar-refractivity contribution in [2.45, 2.75) is 53.4 Å². The van der Waals surface area contributed by atoms with Gasteiger partial charge in [0.05, 0.1) is 0 Å². The third kappa shape index (κ3) is 4.18. The second-order valence-electron chi connectivity index (χ2n) is 9.46. The molecule has 0 spiro atoms. The van der Waals surface area contributed by atoms with Gasteiger partial charge in [-0.1, -0.05) is 49.7 Å². The second-order valence-corrected chi connectivity index (χ2v) is 9.46. The number of amides is 1. The first kappa shape index (κ1) is 21.0. The summed E-state index contributed by atoms with van der Waals surface area (Å²) in [4.78, 5) is 31.2. The normalized spacial score (nSPS) is 20.3. The van der Waals surface area contributed by atoms with E-state index in [4.69, 9.17) is 0 Å². The van der Waals surface area contributed by atoms with Gasteiger partial charge in [-0.25, -0.2) is 4.98 Å². The highest BCUT2D eigenvalue weighted by Gasteiger charge is 2.42. The molecule has 0 radical (unpaired) electrons. The van der Waals surface area contributed by atoms with Crippen LogP contribution in [0.3, 0.4) is 0 Å². The molecule has 1 aromatic heterocycles. The Labute approximate surface area is 183 Å². The molecule has 31 heavy (non-hydrogen) atoms. The lowest BCUT2D eigenvalue weighted by Crippen LogP contribution is -2.39. The van der Waals surface area contributed by atoms with Gasteiger partial charge in [-0.05, 0) is 50.3 Å². The Balaban J connectivity index is 1.80. The van der Waals surface area contributed by atoms with Crippen LogP contribution < -0.4 is 10.6 Å². The number of dihydropyridines is 1. The Bertz CT molecular complexity index is 1120. The SMILES string of the molecule is CC1=C(C(=O)Nc2cccc(C)n2)[C@@H](c2ccc(C)cc2)C2=C(CC(C)(C)CC2=O)N1. The first-order valence-electron chi connectivity index (χ1n) is 10.7. The van der Waals surface area contributed by atoms with E-state index in [1.165, 1.54) is 0 Å². The van der Waals surface area contributed by atoms with Crippen molar-refractivity contribution < 1.29 is 9.59 Å². The van der Waals surface area contributed by atoms with Crippen LogP contribution in [0.1, 0.15) is 56.4 Å². The number of Topliss-reactive ketones (excluding diaryl/α,β-unsaturated/α-hetero) is 1. The van der Waals surface area contributed by atoms with Crippen LogP contribution in [0.15, 0.2) is 65.0 Å². The fraction of sp³-hybridized carbons (Fsp3) is 0.346. The maximum Gasteiger partial charge on any atom is 0.255 e. The lowest BCUT2D eigenvalue weighted by molar-refractivity contribution is -0.118. The molecule has 5 nitrogen and oxygen atoms in total. The Kier molecular flexibility index (Phi) is 5.29. The lowest BCUT2D eigenvalue weighted by Gasteiger charge is -2.39. The average Bonchev–Trinajstić information content (AvgIpc) is 2.66. The van der Waals surface area contributed by atoms with Gasteiger partial charge in [-0.3, -0.25) is 9.59 Å². The Morgan fingerprint density at radius 3 is 2.45 bits per heavy atom. The molecule has 2 aliphatic rings. The molecule has 160 valence electrons. The van der Waals surface area contributed by atoms with Gasteiger partial charge >= 0.3 is 0 Å². The third-order valence-corrected chi connectivity index (χ3v) is 6.02.